The molecule has 3 atom stereocenters. The zero-order valence-corrected chi connectivity index (χ0v) is 15.7. The van der Waals surface area contributed by atoms with Crippen LogP contribution in [0.3, 0.4) is 0 Å². The van der Waals surface area contributed by atoms with Crippen LogP contribution >= 0.6 is 11.8 Å². The third-order valence-electron chi connectivity index (χ3n) is 4.42. The van der Waals surface area contributed by atoms with Crippen molar-refractivity contribution in [1.82, 2.24) is 30.7 Å². The van der Waals surface area contributed by atoms with Gasteiger partial charge in [-0.05, 0) is 26.0 Å². The first kappa shape index (κ1) is 18.0. The predicted molar refractivity (Wildman–Crippen MR) is 98.7 cm³/mol. The van der Waals surface area contributed by atoms with Crippen molar-refractivity contribution >= 4 is 29.4 Å². The molecule has 2 N–H and O–H groups in total. The zero-order valence-electron chi connectivity index (χ0n) is 14.9. The Balaban J connectivity index is 1.47. The van der Waals surface area contributed by atoms with Gasteiger partial charge >= 0.3 is 0 Å². The van der Waals surface area contributed by atoms with Crippen molar-refractivity contribution in [2.45, 2.75) is 37.6 Å². The van der Waals surface area contributed by atoms with E-state index < -0.39 is 12.1 Å². The molecule has 140 valence electrons. The Morgan fingerprint density at radius 3 is 2.59 bits per heavy atom. The summed E-state index contributed by atoms with van der Waals surface area (Å²) in [4.78, 5) is 42.3. The summed E-state index contributed by atoms with van der Waals surface area (Å²) in [6.45, 7) is 3.68. The summed E-state index contributed by atoms with van der Waals surface area (Å²) in [6.07, 6.45) is 3.19. The van der Waals surface area contributed by atoms with E-state index >= 15 is 0 Å². The van der Waals surface area contributed by atoms with Crippen LogP contribution in [0.2, 0.25) is 0 Å². The second-order valence-corrected chi connectivity index (χ2v) is 7.57. The Morgan fingerprint density at radius 1 is 1.19 bits per heavy atom. The number of Topliss-reactive ketones (excluding diaryl/α,β-unsaturated/α-hetero) is 1. The van der Waals surface area contributed by atoms with E-state index in [0.29, 0.717) is 10.9 Å². The molecule has 3 unspecified atom stereocenters. The lowest BCUT2D eigenvalue weighted by Crippen LogP contribution is -2.56. The third-order valence-corrected chi connectivity index (χ3v) is 5.46. The molecule has 4 rings (SSSR count). The maximum absolute atomic E-state index is 12.8. The van der Waals surface area contributed by atoms with Gasteiger partial charge in [0.25, 0.3) is 5.91 Å². The fourth-order valence-electron chi connectivity index (χ4n) is 3.30. The van der Waals surface area contributed by atoms with E-state index in [2.05, 4.69) is 30.7 Å². The van der Waals surface area contributed by atoms with Gasteiger partial charge in [0.2, 0.25) is 5.95 Å². The van der Waals surface area contributed by atoms with Crippen LogP contribution in [-0.4, -0.2) is 49.6 Å². The number of ketones is 1. The van der Waals surface area contributed by atoms with Gasteiger partial charge in [-0.25, -0.2) is 30.4 Å². The average Bonchev–Trinajstić information content (AvgIpc) is 2.97. The highest BCUT2D eigenvalue weighted by atomic mass is 32.2. The standard InChI is InChI=1S/C17H19N7O2S/c1-9-6-10(2)21-16(20-9)24-15(26)13-12(25)7-11(22-14(13)23-24)8-27-17-18-4-3-5-19-17/h3-6,11,13-14,22-23H,7-8H2,1-2H3. The first-order valence-electron chi connectivity index (χ1n) is 8.62. The number of rotatable bonds is 4. The quantitative estimate of drug-likeness (QED) is 0.438. The van der Waals surface area contributed by atoms with Crippen molar-refractivity contribution < 1.29 is 9.59 Å². The molecular weight excluding hydrogens is 366 g/mol. The van der Waals surface area contributed by atoms with Gasteiger partial charge < -0.3 is 0 Å². The third kappa shape index (κ3) is 3.68. The Kier molecular flexibility index (Phi) is 4.85. The maximum Gasteiger partial charge on any atom is 0.257 e. The number of carbonyl (C=O) groups is 2. The number of thioether (sulfide) groups is 1. The molecular formula is C17H19N7O2S. The van der Waals surface area contributed by atoms with Crippen LogP contribution in [0.1, 0.15) is 17.8 Å². The van der Waals surface area contributed by atoms with E-state index in [1.165, 1.54) is 16.8 Å². The first-order chi connectivity index (χ1) is 13.0. The summed E-state index contributed by atoms with van der Waals surface area (Å²) >= 11 is 1.48. The zero-order chi connectivity index (χ0) is 19.0. The van der Waals surface area contributed by atoms with Gasteiger partial charge in [-0.1, -0.05) is 11.8 Å². The Bertz CT molecular complexity index is 859. The smallest absolute Gasteiger partial charge is 0.257 e. The molecule has 27 heavy (non-hydrogen) atoms. The molecule has 4 heterocycles. The molecule has 1 amide bonds. The lowest BCUT2D eigenvalue weighted by atomic mass is 9.91. The average molecular weight is 385 g/mol. The number of nitrogens with zero attached hydrogens (tertiary/aromatic N) is 5. The van der Waals surface area contributed by atoms with E-state index in [1.54, 1.807) is 18.5 Å². The number of hydrazine groups is 1. The van der Waals surface area contributed by atoms with Crippen molar-refractivity contribution in [3.63, 3.8) is 0 Å². The molecule has 2 aromatic heterocycles. The predicted octanol–water partition coefficient (Wildman–Crippen LogP) is 0.400. The number of nitrogens with one attached hydrogen (secondary N) is 2. The molecule has 2 aliphatic heterocycles. The number of fused-ring (bicyclic) bond motifs is 1. The lowest BCUT2D eigenvalue weighted by Gasteiger charge is -2.29. The minimum Gasteiger partial charge on any atom is -0.299 e. The van der Waals surface area contributed by atoms with Crippen molar-refractivity contribution in [2.24, 2.45) is 5.92 Å². The monoisotopic (exact) mass is 385 g/mol. The van der Waals surface area contributed by atoms with E-state index in [4.69, 9.17) is 0 Å². The summed E-state index contributed by atoms with van der Waals surface area (Å²) in [5.41, 5.74) is 4.58. The second kappa shape index (κ2) is 7.29. The van der Waals surface area contributed by atoms with Gasteiger partial charge in [-0.3, -0.25) is 14.9 Å². The van der Waals surface area contributed by atoms with Crippen LogP contribution in [0.15, 0.2) is 29.7 Å². The van der Waals surface area contributed by atoms with Gasteiger partial charge in [-0.15, -0.1) is 0 Å². The van der Waals surface area contributed by atoms with Crippen molar-refractivity contribution in [3.05, 3.63) is 35.9 Å². The highest BCUT2D eigenvalue weighted by Gasteiger charge is 2.49. The number of amides is 1. The van der Waals surface area contributed by atoms with Crippen LogP contribution in [0.25, 0.3) is 0 Å². The molecule has 0 aromatic carbocycles. The molecule has 2 fully saturated rings. The number of carbonyl (C=O) groups excluding carboxylic acids is 2. The van der Waals surface area contributed by atoms with Gasteiger partial charge in [0, 0.05) is 42.0 Å². The number of piperidine rings is 1. The SMILES string of the molecule is Cc1cc(C)nc(N2NC3NC(CSc4ncccn4)CC(=O)C3C2=O)n1. The number of hydrogen-bond acceptors (Lipinski definition) is 9. The summed E-state index contributed by atoms with van der Waals surface area (Å²) in [6, 6.07) is 3.52. The number of aromatic nitrogens is 4. The van der Waals surface area contributed by atoms with Crippen LogP contribution in [0.5, 0.6) is 0 Å². The molecule has 0 bridgehead atoms. The number of aryl methyl sites for hydroxylation is 2. The fraction of sp³-hybridized carbons (Fsp3) is 0.412. The molecule has 0 saturated carbocycles. The molecule has 0 radical (unpaired) electrons. The normalized spacial score (nSPS) is 25.0. The van der Waals surface area contributed by atoms with Crippen molar-refractivity contribution in [1.29, 1.82) is 0 Å². The minimum atomic E-state index is -0.761. The molecule has 0 spiro atoms. The number of hydrogen-bond donors (Lipinski definition) is 2. The Labute approximate surface area is 160 Å². The largest absolute Gasteiger partial charge is 0.299 e. The summed E-state index contributed by atoms with van der Waals surface area (Å²) < 4.78 is 0. The van der Waals surface area contributed by atoms with E-state index in [-0.39, 0.29) is 30.1 Å². The Hall–Kier alpha value is -2.43. The van der Waals surface area contributed by atoms with Crippen LogP contribution < -0.4 is 15.8 Å². The van der Waals surface area contributed by atoms with E-state index in [0.717, 1.165) is 11.4 Å². The molecule has 0 aliphatic carbocycles. The Morgan fingerprint density at radius 2 is 1.89 bits per heavy atom. The lowest BCUT2D eigenvalue weighted by molar-refractivity contribution is -0.133. The van der Waals surface area contributed by atoms with Crippen molar-refractivity contribution in [3.8, 4) is 0 Å². The summed E-state index contributed by atoms with van der Waals surface area (Å²) in [5.74, 6) is -0.258. The highest BCUT2D eigenvalue weighted by Crippen LogP contribution is 2.27. The van der Waals surface area contributed by atoms with E-state index in [9.17, 15) is 9.59 Å². The van der Waals surface area contributed by atoms with Crippen molar-refractivity contribution in [2.75, 3.05) is 10.8 Å². The molecule has 9 nitrogen and oxygen atoms in total. The van der Waals surface area contributed by atoms with Gasteiger partial charge in [0.1, 0.15) is 11.7 Å². The number of anilines is 1. The van der Waals surface area contributed by atoms with Crippen LogP contribution in [-0.2, 0) is 9.59 Å². The van der Waals surface area contributed by atoms with Gasteiger partial charge in [0.15, 0.2) is 5.16 Å². The summed E-state index contributed by atoms with van der Waals surface area (Å²) in [7, 11) is 0. The summed E-state index contributed by atoms with van der Waals surface area (Å²) in [5, 5.41) is 5.30. The van der Waals surface area contributed by atoms with Gasteiger partial charge in [0.05, 0.1) is 6.17 Å². The van der Waals surface area contributed by atoms with Crippen LogP contribution in [0.4, 0.5) is 5.95 Å². The molecule has 2 saturated heterocycles. The topological polar surface area (TPSA) is 113 Å². The first-order valence-corrected chi connectivity index (χ1v) is 9.61. The highest BCUT2D eigenvalue weighted by molar-refractivity contribution is 7.99. The second-order valence-electron chi connectivity index (χ2n) is 6.59. The molecule has 2 aromatic rings. The van der Waals surface area contributed by atoms with Gasteiger partial charge in [-0.2, -0.15) is 0 Å². The molecule has 10 heteroatoms. The fourth-order valence-corrected chi connectivity index (χ4v) is 4.14. The molecule has 2 aliphatic rings. The minimum absolute atomic E-state index is 0.0760. The van der Waals surface area contributed by atoms with E-state index in [1.807, 2.05) is 19.9 Å². The van der Waals surface area contributed by atoms with Crippen LogP contribution in [0, 0.1) is 19.8 Å². The maximum atomic E-state index is 12.8.